The van der Waals surface area contributed by atoms with E-state index in [0.29, 0.717) is 5.82 Å². The van der Waals surface area contributed by atoms with Crippen LogP contribution in [0.4, 0.5) is 11.6 Å². The van der Waals surface area contributed by atoms with Crippen LogP contribution in [0.1, 0.15) is 18.9 Å². The van der Waals surface area contributed by atoms with E-state index < -0.39 is 0 Å². The number of piperazine rings is 1. The third-order valence-corrected chi connectivity index (χ3v) is 3.35. The van der Waals surface area contributed by atoms with Gasteiger partial charge in [0, 0.05) is 31.7 Å². The van der Waals surface area contributed by atoms with E-state index in [1.54, 1.807) is 0 Å². The Balaban J connectivity index is 2.10. The largest absolute Gasteiger partial charge is 0.308 e. The Labute approximate surface area is 114 Å². The average molecular weight is 265 g/mol. The SMILES string of the molecule is CCCc1c(NN)ncnc1NN1CCN(C)CC1. The summed E-state index contributed by atoms with van der Waals surface area (Å²) in [6, 6.07) is 0. The number of nitrogens with one attached hydrogen (secondary N) is 2. The molecule has 1 aromatic heterocycles. The first-order chi connectivity index (χ1) is 9.24. The van der Waals surface area contributed by atoms with Crippen molar-refractivity contribution in [3.63, 3.8) is 0 Å². The summed E-state index contributed by atoms with van der Waals surface area (Å²) in [5.74, 6) is 7.07. The van der Waals surface area contributed by atoms with Gasteiger partial charge in [-0.3, -0.25) is 0 Å². The van der Waals surface area contributed by atoms with Crippen molar-refractivity contribution in [2.75, 3.05) is 44.1 Å². The average Bonchev–Trinajstić information content (AvgIpc) is 2.43. The predicted molar refractivity (Wildman–Crippen MR) is 76.5 cm³/mol. The third kappa shape index (κ3) is 3.52. The minimum absolute atomic E-state index is 0.702. The zero-order valence-electron chi connectivity index (χ0n) is 11.7. The lowest BCUT2D eigenvalue weighted by Crippen LogP contribution is -2.47. The number of nitrogen functional groups attached to an aromatic ring is 1. The first-order valence-corrected chi connectivity index (χ1v) is 6.75. The lowest BCUT2D eigenvalue weighted by Gasteiger charge is -2.33. The normalized spacial score (nSPS) is 17.4. The van der Waals surface area contributed by atoms with Crippen molar-refractivity contribution in [2.45, 2.75) is 19.8 Å². The fourth-order valence-electron chi connectivity index (χ4n) is 2.19. The fraction of sp³-hybridized carbons (Fsp3) is 0.667. The summed E-state index contributed by atoms with van der Waals surface area (Å²) in [7, 11) is 2.14. The van der Waals surface area contributed by atoms with E-state index in [1.807, 2.05) is 0 Å². The molecule has 2 heterocycles. The van der Waals surface area contributed by atoms with Crippen LogP contribution in [0, 0.1) is 0 Å². The number of anilines is 2. The smallest absolute Gasteiger partial charge is 0.149 e. The van der Waals surface area contributed by atoms with Crippen LogP contribution < -0.4 is 16.7 Å². The van der Waals surface area contributed by atoms with Gasteiger partial charge < -0.3 is 15.8 Å². The highest BCUT2D eigenvalue weighted by Crippen LogP contribution is 2.21. The van der Waals surface area contributed by atoms with Crippen molar-refractivity contribution < 1.29 is 0 Å². The van der Waals surface area contributed by atoms with Crippen molar-refractivity contribution >= 4 is 11.6 Å². The van der Waals surface area contributed by atoms with E-state index in [-0.39, 0.29) is 0 Å². The maximum Gasteiger partial charge on any atom is 0.149 e. The zero-order valence-corrected chi connectivity index (χ0v) is 11.7. The van der Waals surface area contributed by atoms with Gasteiger partial charge in [-0.1, -0.05) is 13.3 Å². The Bertz CT molecular complexity index is 401. The van der Waals surface area contributed by atoms with E-state index in [2.05, 4.69) is 44.7 Å². The highest BCUT2D eigenvalue weighted by molar-refractivity contribution is 5.56. The van der Waals surface area contributed by atoms with Crippen LogP contribution >= 0.6 is 0 Å². The van der Waals surface area contributed by atoms with E-state index in [4.69, 9.17) is 5.84 Å². The van der Waals surface area contributed by atoms with Crippen molar-refractivity contribution in [3.05, 3.63) is 11.9 Å². The lowest BCUT2D eigenvalue weighted by atomic mass is 10.1. The van der Waals surface area contributed by atoms with E-state index in [1.165, 1.54) is 6.33 Å². The molecular weight excluding hydrogens is 242 g/mol. The topological polar surface area (TPSA) is 82.3 Å². The molecule has 1 aliphatic heterocycles. The highest BCUT2D eigenvalue weighted by atomic mass is 15.5. The Morgan fingerprint density at radius 1 is 1.21 bits per heavy atom. The second-order valence-corrected chi connectivity index (χ2v) is 4.85. The van der Waals surface area contributed by atoms with Crippen LogP contribution in [0.15, 0.2) is 6.33 Å². The van der Waals surface area contributed by atoms with Crippen molar-refractivity contribution in [1.82, 2.24) is 19.9 Å². The summed E-state index contributed by atoms with van der Waals surface area (Å²) in [5, 5.41) is 2.20. The van der Waals surface area contributed by atoms with Crippen molar-refractivity contribution in [3.8, 4) is 0 Å². The molecule has 4 N–H and O–H groups in total. The van der Waals surface area contributed by atoms with Crippen LogP contribution in [0.3, 0.4) is 0 Å². The molecule has 0 bridgehead atoms. The van der Waals surface area contributed by atoms with Crippen LogP contribution in [-0.4, -0.2) is 53.1 Å². The number of hydrazine groups is 2. The molecule has 1 fully saturated rings. The molecule has 1 saturated heterocycles. The third-order valence-electron chi connectivity index (χ3n) is 3.35. The van der Waals surface area contributed by atoms with E-state index in [0.717, 1.165) is 50.4 Å². The summed E-state index contributed by atoms with van der Waals surface area (Å²) in [5.41, 5.74) is 7.08. The van der Waals surface area contributed by atoms with Gasteiger partial charge in [-0.05, 0) is 13.5 Å². The summed E-state index contributed by atoms with van der Waals surface area (Å²) >= 11 is 0. The molecule has 0 atom stereocenters. The van der Waals surface area contributed by atoms with Gasteiger partial charge in [0.25, 0.3) is 0 Å². The van der Waals surface area contributed by atoms with Gasteiger partial charge in [0.05, 0.1) is 0 Å². The predicted octanol–water partition coefficient (Wildman–Crippen LogP) is 0.289. The fourth-order valence-corrected chi connectivity index (χ4v) is 2.19. The van der Waals surface area contributed by atoms with Gasteiger partial charge in [0.15, 0.2) is 0 Å². The minimum Gasteiger partial charge on any atom is -0.308 e. The highest BCUT2D eigenvalue weighted by Gasteiger charge is 2.16. The molecule has 0 amide bonds. The molecule has 106 valence electrons. The van der Waals surface area contributed by atoms with Gasteiger partial charge in [0.1, 0.15) is 18.0 Å². The molecule has 2 rings (SSSR count). The summed E-state index contributed by atoms with van der Waals surface area (Å²) in [6.07, 6.45) is 3.46. The number of rotatable bonds is 5. The summed E-state index contributed by atoms with van der Waals surface area (Å²) in [4.78, 5) is 10.8. The van der Waals surface area contributed by atoms with Gasteiger partial charge in [-0.25, -0.2) is 20.8 Å². The number of nitrogens with two attached hydrogens (primary N) is 1. The molecule has 19 heavy (non-hydrogen) atoms. The second-order valence-electron chi connectivity index (χ2n) is 4.85. The number of aromatic nitrogens is 2. The van der Waals surface area contributed by atoms with Gasteiger partial charge >= 0.3 is 0 Å². The Morgan fingerprint density at radius 2 is 1.89 bits per heavy atom. The Morgan fingerprint density at radius 3 is 2.53 bits per heavy atom. The quantitative estimate of drug-likeness (QED) is 0.521. The molecular formula is C12H23N7. The molecule has 0 radical (unpaired) electrons. The maximum absolute atomic E-state index is 5.51. The maximum atomic E-state index is 5.51. The molecule has 7 nitrogen and oxygen atoms in total. The standard InChI is InChI=1S/C12H23N7/c1-3-4-10-11(16-13)14-9-15-12(10)17-19-7-5-18(2)6-8-19/h9H,3-8,13H2,1-2H3,(H2,14,15,16,17). The van der Waals surface area contributed by atoms with Crippen molar-refractivity contribution in [2.24, 2.45) is 5.84 Å². The molecule has 1 aromatic rings. The summed E-state index contributed by atoms with van der Waals surface area (Å²) < 4.78 is 0. The molecule has 0 aliphatic carbocycles. The van der Waals surface area contributed by atoms with Gasteiger partial charge in [-0.2, -0.15) is 0 Å². The summed E-state index contributed by atoms with van der Waals surface area (Å²) in [6.45, 7) is 6.22. The van der Waals surface area contributed by atoms with Gasteiger partial charge in [-0.15, -0.1) is 0 Å². The van der Waals surface area contributed by atoms with Crippen molar-refractivity contribution in [1.29, 1.82) is 0 Å². The first-order valence-electron chi connectivity index (χ1n) is 6.75. The minimum atomic E-state index is 0.702. The molecule has 0 unspecified atom stereocenters. The van der Waals surface area contributed by atoms with E-state index in [9.17, 15) is 0 Å². The Hall–Kier alpha value is -1.44. The first kappa shape index (κ1) is 14.0. The Kier molecular flexibility index (Phi) is 4.89. The molecule has 0 spiro atoms. The second kappa shape index (κ2) is 6.65. The number of hydrogen-bond acceptors (Lipinski definition) is 7. The zero-order chi connectivity index (χ0) is 13.7. The number of hydrogen-bond donors (Lipinski definition) is 3. The molecule has 0 saturated carbocycles. The van der Waals surface area contributed by atoms with Gasteiger partial charge in [0.2, 0.25) is 0 Å². The van der Waals surface area contributed by atoms with Crippen LogP contribution in [0.5, 0.6) is 0 Å². The molecule has 0 aromatic carbocycles. The number of likely N-dealkylation sites (N-methyl/N-ethyl adjacent to an activating group) is 1. The molecule has 1 aliphatic rings. The van der Waals surface area contributed by atoms with Crippen LogP contribution in [-0.2, 0) is 6.42 Å². The molecule has 7 heteroatoms. The number of nitrogens with zero attached hydrogens (tertiary/aromatic N) is 4. The van der Waals surface area contributed by atoms with E-state index >= 15 is 0 Å². The lowest BCUT2D eigenvalue weighted by molar-refractivity contribution is 0.178. The monoisotopic (exact) mass is 265 g/mol. The van der Waals surface area contributed by atoms with Crippen LogP contribution in [0.25, 0.3) is 0 Å². The van der Waals surface area contributed by atoms with Crippen LogP contribution in [0.2, 0.25) is 0 Å².